The molecule has 1 amide bonds. The van der Waals surface area contributed by atoms with Crippen LogP contribution >= 0.6 is 12.2 Å². The summed E-state index contributed by atoms with van der Waals surface area (Å²) >= 11 is 5.28. The van der Waals surface area contributed by atoms with Crippen molar-refractivity contribution in [3.63, 3.8) is 0 Å². The minimum absolute atomic E-state index is 0.188. The molecule has 0 spiro atoms. The number of benzene rings is 2. The Kier molecular flexibility index (Phi) is 9.42. The maximum atomic E-state index is 12.6. The van der Waals surface area contributed by atoms with Gasteiger partial charge < -0.3 is 24.8 Å². The average molecular weight is 507 g/mol. The largest absolute Gasteiger partial charge is 0.483 e. The first-order valence-electron chi connectivity index (χ1n) is 11.1. The number of carbonyl (C=O) groups is 2. The van der Waals surface area contributed by atoms with Crippen LogP contribution in [-0.4, -0.2) is 43.0 Å². The minimum atomic E-state index is -0.609. The Labute approximate surface area is 214 Å². The number of nitrogens with one attached hydrogen (secondary N) is 3. The van der Waals surface area contributed by atoms with Crippen LogP contribution in [0.5, 0.6) is 11.5 Å². The highest BCUT2D eigenvalue weighted by Crippen LogP contribution is 2.33. The molecule has 0 fully saturated rings. The molecule has 9 nitrogen and oxygen atoms in total. The van der Waals surface area contributed by atoms with E-state index in [1.165, 1.54) is 6.21 Å². The summed E-state index contributed by atoms with van der Waals surface area (Å²) < 4.78 is 16.3. The van der Waals surface area contributed by atoms with Crippen LogP contribution in [0.1, 0.15) is 31.0 Å². The molecule has 1 heterocycles. The molecule has 36 heavy (non-hydrogen) atoms. The van der Waals surface area contributed by atoms with Gasteiger partial charge in [0.25, 0.3) is 5.91 Å². The summed E-state index contributed by atoms with van der Waals surface area (Å²) in [6.45, 7) is 3.61. The SMILES string of the molecule is C#CCOc1ccc(C=NNC(=O)COc2ccccc2[C@@H]2NC(=S)NC(C)=C2C(=O)OCC)cc1. The fourth-order valence-corrected chi connectivity index (χ4v) is 3.66. The van der Waals surface area contributed by atoms with E-state index in [0.29, 0.717) is 33.4 Å². The van der Waals surface area contributed by atoms with Gasteiger partial charge in [-0.05, 0) is 62.0 Å². The Morgan fingerprint density at radius 1 is 1.19 bits per heavy atom. The topological polar surface area (TPSA) is 110 Å². The molecule has 0 bridgehead atoms. The van der Waals surface area contributed by atoms with Crippen LogP contribution < -0.4 is 25.5 Å². The van der Waals surface area contributed by atoms with Crippen molar-refractivity contribution < 1.29 is 23.8 Å². The molecular weight excluding hydrogens is 480 g/mol. The van der Waals surface area contributed by atoms with Crippen LogP contribution in [0, 0.1) is 12.3 Å². The van der Waals surface area contributed by atoms with Crippen LogP contribution in [0.15, 0.2) is 64.9 Å². The summed E-state index contributed by atoms with van der Waals surface area (Å²) in [7, 11) is 0. The van der Waals surface area contributed by atoms with Gasteiger partial charge in [-0.1, -0.05) is 24.1 Å². The van der Waals surface area contributed by atoms with Gasteiger partial charge in [-0.15, -0.1) is 6.42 Å². The van der Waals surface area contributed by atoms with E-state index in [-0.39, 0.29) is 19.8 Å². The van der Waals surface area contributed by atoms with Crippen LogP contribution in [0.3, 0.4) is 0 Å². The first-order valence-corrected chi connectivity index (χ1v) is 11.5. The Hall–Kier alpha value is -4.36. The first kappa shape index (κ1) is 26.2. The van der Waals surface area contributed by atoms with Crippen molar-refractivity contribution in [2.75, 3.05) is 19.8 Å². The van der Waals surface area contributed by atoms with Gasteiger partial charge in [-0.25, -0.2) is 10.2 Å². The molecule has 3 rings (SSSR count). The van der Waals surface area contributed by atoms with Crippen molar-refractivity contribution in [2.24, 2.45) is 5.10 Å². The van der Waals surface area contributed by atoms with E-state index in [0.717, 1.165) is 5.56 Å². The number of hydrogen-bond donors (Lipinski definition) is 3. The van der Waals surface area contributed by atoms with Gasteiger partial charge >= 0.3 is 5.97 Å². The highest BCUT2D eigenvalue weighted by Gasteiger charge is 2.32. The molecule has 10 heteroatoms. The number of terminal acetylenes is 1. The summed E-state index contributed by atoms with van der Waals surface area (Å²) in [6.07, 6.45) is 6.67. The van der Waals surface area contributed by atoms with Crippen LogP contribution in [-0.2, 0) is 14.3 Å². The van der Waals surface area contributed by atoms with E-state index < -0.39 is 17.9 Å². The van der Waals surface area contributed by atoms with Crippen LogP contribution in [0.25, 0.3) is 0 Å². The number of thiocarbonyl (C=S) groups is 1. The average Bonchev–Trinajstić information content (AvgIpc) is 2.87. The molecule has 1 atom stereocenters. The highest BCUT2D eigenvalue weighted by molar-refractivity contribution is 7.80. The van der Waals surface area contributed by atoms with Crippen molar-refractivity contribution in [1.82, 2.24) is 16.1 Å². The predicted octanol–water partition coefficient (Wildman–Crippen LogP) is 2.58. The zero-order chi connectivity index (χ0) is 25.9. The van der Waals surface area contributed by atoms with Gasteiger partial charge in [0.1, 0.15) is 18.1 Å². The number of ether oxygens (including phenoxy) is 3. The summed E-state index contributed by atoms with van der Waals surface area (Å²) in [6, 6.07) is 13.5. The molecule has 1 aliphatic rings. The molecule has 0 unspecified atom stereocenters. The molecular formula is C26H26N4O5S. The Morgan fingerprint density at radius 2 is 1.94 bits per heavy atom. The lowest BCUT2D eigenvalue weighted by Gasteiger charge is -2.30. The van der Waals surface area contributed by atoms with Crippen molar-refractivity contribution in [3.05, 3.63) is 70.9 Å². The Morgan fingerprint density at radius 3 is 2.67 bits per heavy atom. The summed E-state index contributed by atoms with van der Waals surface area (Å²) in [5.74, 6) is 2.52. The molecule has 2 aromatic carbocycles. The minimum Gasteiger partial charge on any atom is -0.483 e. The number of hydrogen-bond acceptors (Lipinski definition) is 7. The standard InChI is InChI=1S/C26H26N4O5S/c1-4-14-34-19-12-10-18(11-13-19)15-27-30-22(31)16-35-21-9-7-6-8-20(21)24-23(25(32)33-5-2)17(3)28-26(36)29-24/h1,6-13,15,24H,5,14,16H2,2-3H3,(H,30,31)(H2,28,29,36)/t24-/m0/s1. The number of rotatable bonds is 10. The van der Waals surface area contributed by atoms with Gasteiger partial charge in [0.15, 0.2) is 11.7 Å². The Balaban J connectivity index is 1.65. The maximum Gasteiger partial charge on any atom is 0.338 e. The smallest absolute Gasteiger partial charge is 0.338 e. The van der Waals surface area contributed by atoms with Gasteiger partial charge in [0.05, 0.1) is 24.4 Å². The molecule has 0 saturated heterocycles. The zero-order valence-corrected chi connectivity index (χ0v) is 20.7. The second-order valence-electron chi connectivity index (χ2n) is 7.47. The number of amides is 1. The van der Waals surface area contributed by atoms with Gasteiger partial charge in [0.2, 0.25) is 0 Å². The Bertz CT molecular complexity index is 1220. The third-order valence-corrected chi connectivity index (χ3v) is 5.18. The van der Waals surface area contributed by atoms with Crippen molar-refractivity contribution >= 4 is 35.4 Å². The fourth-order valence-electron chi connectivity index (χ4n) is 3.39. The molecule has 0 radical (unpaired) electrons. The van der Waals surface area contributed by atoms with Crippen LogP contribution in [0.2, 0.25) is 0 Å². The fraction of sp³-hybridized carbons (Fsp3) is 0.231. The molecule has 0 saturated carbocycles. The van der Waals surface area contributed by atoms with E-state index in [1.807, 2.05) is 0 Å². The van der Waals surface area contributed by atoms with Gasteiger partial charge in [-0.3, -0.25) is 4.79 Å². The molecule has 0 aliphatic carbocycles. The van der Waals surface area contributed by atoms with Gasteiger partial charge in [0, 0.05) is 11.3 Å². The monoisotopic (exact) mass is 506 g/mol. The van der Waals surface area contributed by atoms with E-state index in [4.69, 9.17) is 32.9 Å². The quantitative estimate of drug-likeness (QED) is 0.148. The lowest BCUT2D eigenvalue weighted by Crippen LogP contribution is -2.45. The molecule has 1 aliphatic heterocycles. The zero-order valence-electron chi connectivity index (χ0n) is 19.9. The maximum absolute atomic E-state index is 12.6. The van der Waals surface area contributed by atoms with Crippen molar-refractivity contribution in [2.45, 2.75) is 19.9 Å². The van der Waals surface area contributed by atoms with E-state index >= 15 is 0 Å². The number of allylic oxidation sites excluding steroid dienone is 1. The second kappa shape index (κ2) is 12.9. The molecule has 2 aromatic rings. The number of carbonyl (C=O) groups excluding carboxylic acids is 2. The van der Waals surface area contributed by atoms with Crippen molar-refractivity contribution in [1.29, 1.82) is 0 Å². The van der Waals surface area contributed by atoms with E-state index in [9.17, 15) is 9.59 Å². The third kappa shape index (κ3) is 7.07. The third-order valence-electron chi connectivity index (χ3n) is 4.96. The molecule has 0 aromatic heterocycles. The number of esters is 1. The molecule has 3 N–H and O–H groups in total. The normalized spacial score (nSPS) is 14.9. The van der Waals surface area contributed by atoms with Crippen molar-refractivity contribution in [3.8, 4) is 23.8 Å². The lowest BCUT2D eigenvalue weighted by atomic mass is 9.95. The summed E-state index contributed by atoms with van der Waals surface area (Å²) in [5.41, 5.74) is 4.78. The summed E-state index contributed by atoms with van der Waals surface area (Å²) in [4.78, 5) is 24.9. The highest BCUT2D eigenvalue weighted by atomic mass is 32.1. The van der Waals surface area contributed by atoms with Crippen LogP contribution in [0.4, 0.5) is 0 Å². The van der Waals surface area contributed by atoms with E-state index in [1.54, 1.807) is 62.4 Å². The predicted molar refractivity (Wildman–Crippen MR) is 139 cm³/mol. The molecule has 186 valence electrons. The lowest BCUT2D eigenvalue weighted by molar-refractivity contribution is -0.139. The first-order chi connectivity index (χ1) is 17.4. The summed E-state index contributed by atoms with van der Waals surface area (Å²) in [5, 5.41) is 10.4. The van der Waals surface area contributed by atoms with E-state index in [2.05, 4.69) is 27.1 Å². The number of para-hydroxylation sites is 1. The van der Waals surface area contributed by atoms with Gasteiger partial charge in [-0.2, -0.15) is 5.10 Å². The second-order valence-corrected chi connectivity index (χ2v) is 7.88. The number of nitrogens with zero attached hydrogens (tertiary/aromatic N) is 1. The number of hydrazone groups is 1.